The second-order valence-electron chi connectivity index (χ2n) is 6.75. The predicted molar refractivity (Wildman–Crippen MR) is 98.9 cm³/mol. The molecule has 0 aromatic heterocycles. The molecule has 1 fully saturated rings. The first-order valence-electron chi connectivity index (χ1n) is 8.88. The number of rotatable bonds is 8. The van der Waals surface area contributed by atoms with Gasteiger partial charge in [0.15, 0.2) is 0 Å². The van der Waals surface area contributed by atoms with Crippen LogP contribution in [0.5, 0.6) is 0 Å². The molecule has 1 aromatic carbocycles. The van der Waals surface area contributed by atoms with Gasteiger partial charge in [-0.3, -0.25) is 9.59 Å². The van der Waals surface area contributed by atoms with Crippen molar-refractivity contribution in [2.75, 3.05) is 43.1 Å². The number of halogens is 2. The lowest BCUT2D eigenvalue weighted by molar-refractivity contribution is -0.125. The van der Waals surface area contributed by atoms with E-state index in [9.17, 15) is 18.4 Å². The lowest BCUT2D eigenvalue weighted by Crippen LogP contribution is -2.47. The Labute approximate surface area is 157 Å². The first-order valence-corrected chi connectivity index (χ1v) is 8.88. The van der Waals surface area contributed by atoms with Crippen molar-refractivity contribution < 1.29 is 23.1 Å². The summed E-state index contributed by atoms with van der Waals surface area (Å²) < 4.78 is 32.1. The first-order chi connectivity index (χ1) is 12.8. The number of hydrogen-bond donors (Lipinski definition) is 3. The maximum absolute atomic E-state index is 13.5. The van der Waals surface area contributed by atoms with Gasteiger partial charge in [-0.15, -0.1) is 0 Å². The highest BCUT2D eigenvalue weighted by molar-refractivity contribution is 5.97. The fourth-order valence-corrected chi connectivity index (χ4v) is 2.68. The number of morpholine rings is 1. The van der Waals surface area contributed by atoms with Crippen LogP contribution in [0.1, 0.15) is 25.8 Å². The molecule has 0 unspecified atom stereocenters. The standard InChI is InChI=1S/C18H26F2N4O3/c1-11(2)9-22-15(8-21)18(26)23-14-4-3-12(7-13(14)17(19)20)24-5-6-27-10-16(24)25/h3-4,7,11,15,17,22H,5-6,8-10,21H2,1-2H3,(H,23,26)/t15-/m0/s1. The SMILES string of the molecule is CC(C)CN[C@@H](CN)C(=O)Nc1ccc(N2CCOCC2=O)cc1C(F)F. The average Bonchev–Trinajstić information content (AvgIpc) is 2.62. The van der Waals surface area contributed by atoms with Crippen LogP contribution in [0.2, 0.25) is 0 Å². The van der Waals surface area contributed by atoms with Crippen LogP contribution in [0.4, 0.5) is 20.2 Å². The summed E-state index contributed by atoms with van der Waals surface area (Å²) in [6.45, 7) is 5.15. The monoisotopic (exact) mass is 384 g/mol. The maximum atomic E-state index is 13.5. The smallest absolute Gasteiger partial charge is 0.265 e. The molecule has 2 rings (SSSR count). The number of hydrogen-bond acceptors (Lipinski definition) is 5. The van der Waals surface area contributed by atoms with Crippen LogP contribution in [0.15, 0.2) is 18.2 Å². The van der Waals surface area contributed by atoms with Gasteiger partial charge in [0.2, 0.25) is 5.91 Å². The van der Waals surface area contributed by atoms with Gasteiger partial charge in [-0.05, 0) is 30.7 Å². The molecule has 1 aromatic rings. The Hall–Kier alpha value is -2.10. The molecule has 0 radical (unpaired) electrons. The number of nitrogens with two attached hydrogens (primary N) is 1. The van der Waals surface area contributed by atoms with Gasteiger partial charge in [-0.2, -0.15) is 0 Å². The zero-order valence-electron chi connectivity index (χ0n) is 15.5. The van der Waals surface area contributed by atoms with E-state index >= 15 is 0 Å². The zero-order chi connectivity index (χ0) is 20.0. The molecule has 0 saturated carbocycles. The molecule has 7 nitrogen and oxygen atoms in total. The lowest BCUT2D eigenvalue weighted by Gasteiger charge is -2.27. The molecule has 0 aliphatic carbocycles. The van der Waals surface area contributed by atoms with Crippen molar-refractivity contribution >= 4 is 23.2 Å². The Morgan fingerprint density at radius 3 is 2.70 bits per heavy atom. The number of nitrogens with zero attached hydrogens (tertiary/aromatic N) is 1. The average molecular weight is 384 g/mol. The van der Waals surface area contributed by atoms with E-state index in [1.165, 1.54) is 23.1 Å². The molecule has 9 heteroatoms. The number of amides is 2. The Kier molecular flexibility index (Phi) is 7.64. The molecular formula is C18H26F2N4O3. The third-order valence-corrected chi connectivity index (χ3v) is 4.15. The summed E-state index contributed by atoms with van der Waals surface area (Å²) in [6, 6.07) is 3.46. The molecular weight excluding hydrogens is 358 g/mol. The van der Waals surface area contributed by atoms with Crippen molar-refractivity contribution in [2.24, 2.45) is 11.7 Å². The number of anilines is 2. The Bertz CT molecular complexity index is 670. The molecule has 4 N–H and O–H groups in total. The van der Waals surface area contributed by atoms with Gasteiger partial charge in [0.25, 0.3) is 12.3 Å². The van der Waals surface area contributed by atoms with E-state index in [2.05, 4.69) is 10.6 Å². The summed E-state index contributed by atoms with van der Waals surface area (Å²) in [5.74, 6) is -0.455. The molecule has 27 heavy (non-hydrogen) atoms. The normalized spacial score (nSPS) is 16.1. The highest BCUT2D eigenvalue weighted by atomic mass is 19.3. The molecule has 0 spiro atoms. The predicted octanol–water partition coefficient (Wildman–Crippen LogP) is 1.50. The van der Waals surface area contributed by atoms with E-state index < -0.39 is 18.4 Å². The molecule has 2 amide bonds. The highest BCUT2D eigenvalue weighted by Gasteiger charge is 2.24. The van der Waals surface area contributed by atoms with Crippen LogP contribution >= 0.6 is 0 Å². The van der Waals surface area contributed by atoms with Gasteiger partial charge >= 0.3 is 0 Å². The minimum atomic E-state index is -2.81. The maximum Gasteiger partial charge on any atom is 0.265 e. The molecule has 150 valence electrons. The van der Waals surface area contributed by atoms with Gasteiger partial charge in [0.05, 0.1) is 12.6 Å². The van der Waals surface area contributed by atoms with Crippen molar-refractivity contribution in [2.45, 2.75) is 26.3 Å². The molecule has 1 saturated heterocycles. The van der Waals surface area contributed by atoms with E-state index in [1.54, 1.807) is 0 Å². The van der Waals surface area contributed by atoms with E-state index in [0.717, 1.165) is 0 Å². The third kappa shape index (κ3) is 5.69. The van der Waals surface area contributed by atoms with Gasteiger partial charge in [-0.1, -0.05) is 13.8 Å². The zero-order valence-corrected chi connectivity index (χ0v) is 15.5. The molecule has 0 bridgehead atoms. The number of carbonyl (C=O) groups is 2. The molecule has 1 heterocycles. The number of ether oxygens (including phenoxy) is 1. The Morgan fingerprint density at radius 1 is 1.37 bits per heavy atom. The van der Waals surface area contributed by atoms with Gasteiger partial charge in [-0.25, -0.2) is 8.78 Å². The Balaban J connectivity index is 2.18. The minimum Gasteiger partial charge on any atom is -0.370 e. The van der Waals surface area contributed by atoms with Crippen LogP contribution in [-0.4, -0.2) is 50.7 Å². The fourth-order valence-electron chi connectivity index (χ4n) is 2.68. The number of carbonyl (C=O) groups excluding carboxylic acids is 2. The topological polar surface area (TPSA) is 96.7 Å². The van der Waals surface area contributed by atoms with Crippen LogP contribution in [0.25, 0.3) is 0 Å². The van der Waals surface area contributed by atoms with Crippen LogP contribution in [-0.2, 0) is 14.3 Å². The summed E-state index contributed by atoms with van der Waals surface area (Å²) >= 11 is 0. The largest absolute Gasteiger partial charge is 0.370 e. The second kappa shape index (κ2) is 9.72. The Morgan fingerprint density at radius 2 is 2.11 bits per heavy atom. The van der Waals surface area contributed by atoms with Gasteiger partial charge in [0, 0.05) is 30.0 Å². The lowest BCUT2D eigenvalue weighted by atomic mass is 10.1. The number of benzene rings is 1. The van der Waals surface area contributed by atoms with Crippen LogP contribution in [0.3, 0.4) is 0 Å². The minimum absolute atomic E-state index is 0.00394. The second-order valence-corrected chi connectivity index (χ2v) is 6.75. The summed E-state index contributed by atoms with van der Waals surface area (Å²) in [5, 5.41) is 5.53. The van der Waals surface area contributed by atoms with Crippen molar-refractivity contribution in [1.82, 2.24) is 5.32 Å². The molecule has 1 aliphatic rings. The fraction of sp³-hybridized carbons (Fsp3) is 0.556. The van der Waals surface area contributed by atoms with E-state index in [4.69, 9.17) is 10.5 Å². The molecule has 1 aliphatic heterocycles. The quantitative estimate of drug-likeness (QED) is 0.631. The van der Waals surface area contributed by atoms with E-state index in [-0.39, 0.29) is 30.3 Å². The summed E-state index contributed by atoms with van der Waals surface area (Å²) in [5.41, 5.74) is 5.63. The summed E-state index contributed by atoms with van der Waals surface area (Å²) in [6.07, 6.45) is -2.81. The number of alkyl halides is 2. The summed E-state index contributed by atoms with van der Waals surface area (Å²) in [4.78, 5) is 25.7. The highest BCUT2D eigenvalue weighted by Crippen LogP contribution is 2.31. The van der Waals surface area contributed by atoms with Crippen molar-refractivity contribution in [3.8, 4) is 0 Å². The molecule has 1 atom stereocenters. The first kappa shape index (κ1) is 21.2. The summed E-state index contributed by atoms with van der Waals surface area (Å²) in [7, 11) is 0. The van der Waals surface area contributed by atoms with Crippen molar-refractivity contribution in [3.63, 3.8) is 0 Å². The van der Waals surface area contributed by atoms with Gasteiger partial charge < -0.3 is 26.0 Å². The van der Waals surface area contributed by atoms with Crippen LogP contribution < -0.4 is 21.3 Å². The van der Waals surface area contributed by atoms with Crippen LogP contribution in [0, 0.1) is 5.92 Å². The van der Waals surface area contributed by atoms with Gasteiger partial charge in [0.1, 0.15) is 6.61 Å². The van der Waals surface area contributed by atoms with E-state index in [0.29, 0.717) is 31.3 Å². The van der Waals surface area contributed by atoms with Crippen molar-refractivity contribution in [1.29, 1.82) is 0 Å². The van der Waals surface area contributed by atoms with Crippen molar-refractivity contribution in [3.05, 3.63) is 23.8 Å². The number of nitrogens with one attached hydrogen (secondary N) is 2. The van der Waals surface area contributed by atoms with E-state index in [1.807, 2.05) is 13.8 Å². The third-order valence-electron chi connectivity index (χ3n) is 4.15.